The molecular weight excluding hydrogens is 396 g/mol. The first-order valence-corrected chi connectivity index (χ1v) is 12.2. The molecule has 1 unspecified atom stereocenters. The van der Waals surface area contributed by atoms with Crippen LogP contribution in [0, 0.1) is 0 Å². The quantitative estimate of drug-likeness (QED) is 0.569. The van der Waals surface area contributed by atoms with Gasteiger partial charge in [0.1, 0.15) is 18.2 Å². The Kier molecular flexibility index (Phi) is 6.44. The second-order valence-corrected chi connectivity index (χ2v) is 9.01. The van der Waals surface area contributed by atoms with Crippen LogP contribution in [0.15, 0.2) is 54.6 Å². The van der Waals surface area contributed by atoms with Gasteiger partial charge in [-0.3, -0.25) is 0 Å². The minimum absolute atomic E-state index is 0.534. The van der Waals surface area contributed by atoms with Gasteiger partial charge in [0.05, 0.1) is 11.4 Å². The van der Waals surface area contributed by atoms with E-state index in [-0.39, 0.29) is 0 Å². The zero-order valence-corrected chi connectivity index (χ0v) is 19.1. The van der Waals surface area contributed by atoms with E-state index < -0.39 is 0 Å². The Morgan fingerprint density at radius 3 is 2.69 bits per heavy atom. The molecule has 0 bridgehead atoms. The first-order valence-electron chi connectivity index (χ1n) is 12.2. The highest BCUT2D eigenvalue weighted by atomic mass is 16.5. The molecule has 1 atom stereocenters. The van der Waals surface area contributed by atoms with Crippen molar-refractivity contribution in [2.75, 3.05) is 31.5 Å². The standard InChI is InChI=1S/C27H34N4O/c1-2-30-18-8-11-22(19-30)26-25-12-6-7-17-28-27(25)31(29-26)23-13-15-24(16-14-23)32-20-21-9-4-3-5-10-21/h3-5,9-10,13-16,22,28H,2,6-8,11-12,17-20H2,1H3. The fraction of sp³-hybridized carbons (Fsp3) is 0.444. The zero-order chi connectivity index (χ0) is 21.8. The number of hydrogen-bond acceptors (Lipinski definition) is 4. The SMILES string of the molecule is CCN1CCCC(c2nn(-c3ccc(OCc4ccccc4)cc3)c3c2CCCCN3)C1. The molecule has 0 aliphatic carbocycles. The van der Waals surface area contributed by atoms with Crippen LogP contribution in [0.3, 0.4) is 0 Å². The molecule has 0 spiro atoms. The van der Waals surface area contributed by atoms with Gasteiger partial charge in [-0.1, -0.05) is 37.3 Å². The van der Waals surface area contributed by atoms with Crippen molar-refractivity contribution in [3.63, 3.8) is 0 Å². The van der Waals surface area contributed by atoms with Gasteiger partial charge in [-0.25, -0.2) is 4.68 Å². The monoisotopic (exact) mass is 430 g/mol. The summed E-state index contributed by atoms with van der Waals surface area (Å²) in [6, 6.07) is 18.7. The van der Waals surface area contributed by atoms with Crippen LogP contribution in [-0.4, -0.2) is 40.9 Å². The van der Waals surface area contributed by atoms with E-state index in [1.165, 1.54) is 54.9 Å². The van der Waals surface area contributed by atoms with E-state index in [0.29, 0.717) is 12.5 Å². The summed E-state index contributed by atoms with van der Waals surface area (Å²) < 4.78 is 8.13. The number of benzene rings is 2. The Morgan fingerprint density at radius 2 is 1.88 bits per heavy atom. The number of aromatic nitrogens is 2. The van der Waals surface area contributed by atoms with Crippen molar-refractivity contribution < 1.29 is 4.74 Å². The highest BCUT2D eigenvalue weighted by Crippen LogP contribution is 2.36. The summed E-state index contributed by atoms with van der Waals surface area (Å²) in [5.74, 6) is 2.62. The Hall–Kier alpha value is -2.79. The Morgan fingerprint density at radius 1 is 1.03 bits per heavy atom. The maximum Gasteiger partial charge on any atom is 0.133 e. The lowest BCUT2D eigenvalue weighted by atomic mass is 9.91. The van der Waals surface area contributed by atoms with E-state index in [9.17, 15) is 0 Å². The van der Waals surface area contributed by atoms with Crippen LogP contribution in [0.25, 0.3) is 5.69 Å². The average Bonchev–Trinajstić information content (AvgIpc) is 3.04. The Labute approximate surface area is 191 Å². The van der Waals surface area contributed by atoms with E-state index in [0.717, 1.165) is 37.5 Å². The van der Waals surface area contributed by atoms with Crippen molar-refractivity contribution in [2.45, 2.75) is 51.6 Å². The number of nitrogens with one attached hydrogen (secondary N) is 1. The fourth-order valence-corrected chi connectivity index (χ4v) is 5.03. The molecule has 2 aliphatic rings. The maximum atomic E-state index is 5.99. The first kappa shape index (κ1) is 21.1. The third-order valence-corrected chi connectivity index (χ3v) is 6.83. The van der Waals surface area contributed by atoms with Gasteiger partial charge in [0.25, 0.3) is 0 Å². The van der Waals surface area contributed by atoms with Crippen LogP contribution in [-0.2, 0) is 13.0 Å². The number of nitrogens with zero attached hydrogens (tertiary/aromatic N) is 3. The van der Waals surface area contributed by atoms with E-state index in [4.69, 9.17) is 9.84 Å². The van der Waals surface area contributed by atoms with E-state index >= 15 is 0 Å². The predicted molar refractivity (Wildman–Crippen MR) is 130 cm³/mol. The minimum atomic E-state index is 0.534. The topological polar surface area (TPSA) is 42.3 Å². The maximum absolute atomic E-state index is 5.99. The molecular formula is C27H34N4O. The molecule has 3 aromatic rings. The van der Waals surface area contributed by atoms with Gasteiger partial charge in [-0.15, -0.1) is 0 Å². The molecule has 1 aromatic heterocycles. The average molecular weight is 431 g/mol. The number of likely N-dealkylation sites (tertiary alicyclic amines) is 1. The molecule has 0 saturated carbocycles. The van der Waals surface area contributed by atoms with E-state index in [2.05, 4.69) is 58.2 Å². The molecule has 5 heteroatoms. The van der Waals surface area contributed by atoms with Gasteiger partial charge in [-0.2, -0.15) is 5.10 Å². The van der Waals surface area contributed by atoms with E-state index in [1.807, 2.05) is 18.2 Å². The minimum Gasteiger partial charge on any atom is -0.489 e. The van der Waals surface area contributed by atoms with Crippen LogP contribution in [0.2, 0.25) is 0 Å². The van der Waals surface area contributed by atoms with Crippen LogP contribution < -0.4 is 10.1 Å². The lowest BCUT2D eigenvalue weighted by molar-refractivity contribution is 0.215. The van der Waals surface area contributed by atoms with Gasteiger partial charge < -0.3 is 15.0 Å². The molecule has 1 N–H and O–H groups in total. The van der Waals surface area contributed by atoms with Crippen molar-refractivity contribution >= 4 is 5.82 Å². The summed E-state index contributed by atoms with van der Waals surface area (Å²) >= 11 is 0. The van der Waals surface area contributed by atoms with Gasteiger partial charge in [0, 0.05) is 24.6 Å². The van der Waals surface area contributed by atoms with E-state index in [1.54, 1.807) is 0 Å². The smallest absolute Gasteiger partial charge is 0.133 e. The van der Waals surface area contributed by atoms with Crippen LogP contribution in [0.5, 0.6) is 5.75 Å². The summed E-state index contributed by atoms with van der Waals surface area (Å²) in [6.07, 6.45) is 6.08. The molecule has 5 rings (SSSR count). The normalized spacial score (nSPS) is 19.1. The molecule has 32 heavy (non-hydrogen) atoms. The summed E-state index contributed by atoms with van der Waals surface area (Å²) in [7, 11) is 0. The molecule has 1 fully saturated rings. The highest BCUT2D eigenvalue weighted by molar-refractivity contribution is 5.55. The lowest BCUT2D eigenvalue weighted by Gasteiger charge is -2.31. The van der Waals surface area contributed by atoms with Crippen molar-refractivity contribution in [1.29, 1.82) is 0 Å². The van der Waals surface area contributed by atoms with Crippen molar-refractivity contribution in [2.24, 2.45) is 0 Å². The molecule has 1 saturated heterocycles. The summed E-state index contributed by atoms with van der Waals surface area (Å²) in [5, 5.41) is 8.90. The molecule has 2 aliphatic heterocycles. The highest BCUT2D eigenvalue weighted by Gasteiger charge is 2.29. The predicted octanol–water partition coefficient (Wildman–Crippen LogP) is 5.40. The summed E-state index contributed by atoms with van der Waals surface area (Å²) in [5.41, 5.74) is 5.03. The molecule has 0 radical (unpaired) electrons. The largest absolute Gasteiger partial charge is 0.489 e. The van der Waals surface area contributed by atoms with Crippen molar-refractivity contribution in [1.82, 2.24) is 14.7 Å². The third-order valence-electron chi connectivity index (χ3n) is 6.83. The van der Waals surface area contributed by atoms with Gasteiger partial charge in [0.15, 0.2) is 0 Å². The fourth-order valence-electron chi connectivity index (χ4n) is 5.03. The Bertz CT molecular complexity index is 1010. The van der Waals surface area contributed by atoms with Crippen LogP contribution in [0.4, 0.5) is 5.82 Å². The second-order valence-electron chi connectivity index (χ2n) is 9.01. The third kappa shape index (κ3) is 4.53. The summed E-state index contributed by atoms with van der Waals surface area (Å²) in [4.78, 5) is 2.57. The number of hydrogen-bond donors (Lipinski definition) is 1. The lowest BCUT2D eigenvalue weighted by Crippen LogP contribution is -2.34. The first-order chi connectivity index (χ1) is 15.8. The molecule has 168 valence electrons. The summed E-state index contributed by atoms with van der Waals surface area (Å²) in [6.45, 7) is 7.35. The number of rotatable bonds is 6. The zero-order valence-electron chi connectivity index (χ0n) is 19.1. The number of ether oxygens (including phenoxy) is 1. The van der Waals surface area contributed by atoms with Gasteiger partial charge >= 0.3 is 0 Å². The van der Waals surface area contributed by atoms with Crippen molar-refractivity contribution in [3.8, 4) is 11.4 Å². The number of anilines is 1. The molecule has 2 aromatic carbocycles. The second kappa shape index (κ2) is 9.78. The number of fused-ring (bicyclic) bond motifs is 1. The van der Waals surface area contributed by atoms with Crippen molar-refractivity contribution in [3.05, 3.63) is 71.4 Å². The van der Waals surface area contributed by atoms with Gasteiger partial charge in [0.2, 0.25) is 0 Å². The molecule has 0 amide bonds. The van der Waals surface area contributed by atoms with Crippen LogP contribution >= 0.6 is 0 Å². The van der Waals surface area contributed by atoms with Gasteiger partial charge in [-0.05, 0) is 75.0 Å². The molecule has 5 nitrogen and oxygen atoms in total. The number of piperidine rings is 1. The van der Waals surface area contributed by atoms with Crippen LogP contribution in [0.1, 0.15) is 55.3 Å². The Balaban J connectivity index is 1.39. The number of likely N-dealkylation sites (N-methyl/N-ethyl adjacent to an activating group) is 1. The molecule has 3 heterocycles.